The minimum Gasteiger partial charge on any atom is -0.426 e. The van der Waals surface area contributed by atoms with Crippen LogP contribution in [-0.2, 0) is 19.2 Å². The minimum absolute atomic E-state index is 0.0798. The Kier molecular flexibility index (Phi) is 5.95. The largest absolute Gasteiger partial charge is 0.426 e. The lowest BCUT2D eigenvalue weighted by molar-refractivity contribution is -0.139. The lowest BCUT2D eigenvalue weighted by Crippen LogP contribution is -2.31. The maximum atomic E-state index is 13.0. The van der Waals surface area contributed by atoms with Crippen molar-refractivity contribution in [3.05, 3.63) is 53.6 Å². The molecule has 2 saturated heterocycles. The summed E-state index contributed by atoms with van der Waals surface area (Å²) in [7, 11) is 0. The predicted octanol–water partition coefficient (Wildman–Crippen LogP) is 4.19. The molecule has 2 heterocycles. The first-order valence-corrected chi connectivity index (χ1v) is 12.3. The molecule has 0 N–H and O–H groups in total. The van der Waals surface area contributed by atoms with Gasteiger partial charge < -0.3 is 9.64 Å². The second kappa shape index (κ2) is 8.95. The molecule has 0 radical (unpaired) electrons. The predicted molar refractivity (Wildman–Crippen MR) is 131 cm³/mol. The Balaban J connectivity index is 1.29. The molecular weight excluding hydrogens is 444 g/mol. The molecule has 1 aliphatic carbocycles. The number of hydrogen-bond acceptors (Lipinski definition) is 5. The summed E-state index contributed by atoms with van der Waals surface area (Å²) in [5, 5.41) is 0. The fourth-order valence-corrected chi connectivity index (χ4v) is 5.74. The summed E-state index contributed by atoms with van der Waals surface area (Å²) in [6.45, 7) is 6.32. The van der Waals surface area contributed by atoms with Crippen molar-refractivity contribution >= 4 is 35.1 Å². The van der Waals surface area contributed by atoms with Gasteiger partial charge in [-0.1, -0.05) is 30.7 Å². The van der Waals surface area contributed by atoms with E-state index < -0.39 is 11.9 Å². The molecule has 0 spiro atoms. The molecule has 0 bridgehead atoms. The molecule has 7 heteroatoms. The molecule has 2 aliphatic heterocycles. The van der Waals surface area contributed by atoms with E-state index in [1.165, 1.54) is 4.90 Å². The van der Waals surface area contributed by atoms with E-state index in [0.29, 0.717) is 11.6 Å². The van der Waals surface area contributed by atoms with Gasteiger partial charge in [-0.15, -0.1) is 0 Å². The number of hydrogen-bond donors (Lipinski definition) is 0. The van der Waals surface area contributed by atoms with Crippen LogP contribution in [0.1, 0.15) is 43.7 Å². The molecule has 2 aromatic rings. The van der Waals surface area contributed by atoms with Crippen molar-refractivity contribution in [3.8, 4) is 5.75 Å². The van der Waals surface area contributed by atoms with E-state index in [1.54, 1.807) is 29.2 Å². The Morgan fingerprint density at radius 1 is 0.971 bits per heavy atom. The topological polar surface area (TPSA) is 84.0 Å². The van der Waals surface area contributed by atoms with Crippen molar-refractivity contribution < 1.29 is 23.9 Å². The second-order valence-electron chi connectivity index (χ2n) is 10.3. The van der Waals surface area contributed by atoms with Crippen molar-refractivity contribution in [1.82, 2.24) is 0 Å². The van der Waals surface area contributed by atoms with Gasteiger partial charge in [0.2, 0.25) is 17.7 Å². The van der Waals surface area contributed by atoms with Gasteiger partial charge in [0, 0.05) is 24.7 Å². The average molecular weight is 475 g/mol. The van der Waals surface area contributed by atoms with Crippen LogP contribution in [0.4, 0.5) is 11.4 Å². The van der Waals surface area contributed by atoms with Gasteiger partial charge in [0.25, 0.3) is 0 Å². The van der Waals surface area contributed by atoms with E-state index in [-0.39, 0.29) is 48.3 Å². The van der Waals surface area contributed by atoms with Crippen LogP contribution in [0.5, 0.6) is 5.75 Å². The van der Waals surface area contributed by atoms with Crippen LogP contribution in [0.3, 0.4) is 0 Å². The number of ether oxygens (including phenoxy) is 1. The second-order valence-corrected chi connectivity index (χ2v) is 10.3. The monoisotopic (exact) mass is 474 g/mol. The SMILES string of the molecule is Cc1ccc(N2C[C@H](C(=O)Oc3cccc(N4C(=O)[C@H]5C[C@H](C)CC[C@H]5C4=O)c3)CC2=O)c(C)c1. The molecule has 7 nitrogen and oxygen atoms in total. The number of benzene rings is 2. The highest BCUT2D eigenvalue weighted by Gasteiger charge is 2.50. The molecule has 2 aromatic carbocycles. The van der Waals surface area contributed by atoms with Gasteiger partial charge in [-0.25, -0.2) is 4.90 Å². The number of amides is 3. The van der Waals surface area contributed by atoms with E-state index in [4.69, 9.17) is 4.74 Å². The van der Waals surface area contributed by atoms with Gasteiger partial charge in [-0.3, -0.25) is 19.2 Å². The number of esters is 1. The van der Waals surface area contributed by atoms with Gasteiger partial charge in [0.15, 0.2) is 0 Å². The van der Waals surface area contributed by atoms with Crippen LogP contribution in [0.2, 0.25) is 0 Å². The van der Waals surface area contributed by atoms with Crippen LogP contribution in [0.25, 0.3) is 0 Å². The highest BCUT2D eigenvalue weighted by Crippen LogP contribution is 2.42. The summed E-state index contributed by atoms with van der Waals surface area (Å²) in [5.41, 5.74) is 3.32. The molecule has 0 unspecified atom stereocenters. The number of fused-ring (bicyclic) bond motifs is 1. The molecule has 5 rings (SSSR count). The molecule has 3 fully saturated rings. The van der Waals surface area contributed by atoms with Crippen molar-refractivity contribution in [2.45, 2.75) is 46.5 Å². The normalized spacial score (nSPS) is 26.3. The molecule has 182 valence electrons. The van der Waals surface area contributed by atoms with E-state index >= 15 is 0 Å². The highest BCUT2D eigenvalue weighted by molar-refractivity contribution is 6.22. The number of nitrogens with zero attached hydrogens (tertiary/aromatic N) is 2. The van der Waals surface area contributed by atoms with Gasteiger partial charge >= 0.3 is 5.97 Å². The molecule has 1 saturated carbocycles. The number of imide groups is 1. The molecule has 35 heavy (non-hydrogen) atoms. The lowest BCUT2D eigenvalue weighted by atomic mass is 9.76. The first kappa shape index (κ1) is 23.3. The Hall–Kier alpha value is -3.48. The van der Waals surface area contributed by atoms with Crippen LogP contribution in [0.15, 0.2) is 42.5 Å². The number of aryl methyl sites for hydroxylation is 2. The zero-order valence-electron chi connectivity index (χ0n) is 20.3. The number of carbonyl (C=O) groups is 4. The summed E-state index contributed by atoms with van der Waals surface area (Å²) >= 11 is 0. The van der Waals surface area contributed by atoms with E-state index in [9.17, 15) is 19.2 Å². The smallest absolute Gasteiger partial charge is 0.316 e. The van der Waals surface area contributed by atoms with Crippen LogP contribution >= 0.6 is 0 Å². The third kappa shape index (κ3) is 4.24. The van der Waals surface area contributed by atoms with Crippen LogP contribution < -0.4 is 14.5 Å². The third-order valence-electron chi connectivity index (χ3n) is 7.58. The molecular formula is C28H30N2O5. The van der Waals surface area contributed by atoms with Gasteiger partial charge in [-0.05, 0) is 62.8 Å². The van der Waals surface area contributed by atoms with E-state index in [0.717, 1.165) is 36.1 Å². The van der Waals surface area contributed by atoms with Crippen molar-refractivity contribution in [1.29, 1.82) is 0 Å². The zero-order valence-corrected chi connectivity index (χ0v) is 20.3. The van der Waals surface area contributed by atoms with Crippen LogP contribution in [-0.4, -0.2) is 30.2 Å². The van der Waals surface area contributed by atoms with Gasteiger partial charge in [-0.2, -0.15) is 0 Å². The zero-order chi connectivity index (χ0) is 24.9. The fraction of sp³-hybridized carbons (Fsp3) is 0.429. The van der Waals surface area contributed by atoms with Crippen molar-refractivity contribution in [2.75, 3.05) is 16.3 Å². The molecule has 4 atom stereocenters. The summed E-state index contributed by atoms with van der Waals surface area (Å²) in [4.78, 5) is 54.5. The van der Waals surface area contributed by atoms with E-state index in [2.05, 4.69) is 6.92 Å². The van der Waals surface area contributed by atoms with E-state index in [1.807, 2.05) is 32.0 Å². The summed E-state index contributed by atoms with van der Waals surface area (Å²) in [6, 6.07) is 12.4. The Bertz CT molecular complexity index is 1220. The first-order valence-electron chi connectivity index (χ1n) is 12.3. The molecule has 3 aliphatic rings. The Morgan fingerprint density at radius 2 is 1.74 bits per heavy atom. The van der Waals surface area contributed by atoms with Gasteiger partial charge in [0.05, 0.1) is 23.4 Å². The van der Waals surface area contributed by atoms with Crippen molar-refractivity contribution in [3.63, 3.8) is 0 Å². The minimum atomic E-state index is -0.591. The summed E-state index contributed by atoms with van der Waals surface area (Å²) in [5.74, 6) is -1.37. The fourth-order valence-electron chi connectivity index (χ4n) is 5.74. The van der Waals surface area contributed by atoms with Crippen molar-refractivity contribution in [2.24, 2.45) is 23.7 Å². The molecule has 0 aromatic heterocycles. The average Bonchev–Trinajstić information content (AvgIpc) is 3.31. The first-order chi connectivity index (χ1) is 16.7. The highest BCUT2D eigenvalue weighted by atomic mass is 16.5. The van der Waals surface area contributed by atoms with Gasteiger partial charge in [0.1, 0.15) is 5.75 Å². The maximum Gasteiger partial charge on any atom is 0.316 e. The number of anilines is 2. The Labute approximate surface area is 205 Å². The number of rotatable bonds is 4. The summed E-state index contributed by atoms with van der Waals surface area (Å²) in [6.07, 6.45) is 2.49. The van der Waals surface area contributed by atoms with Crippen LogP contribution in [0, 0.1) is 37.5 Å². The Morgan fingerprint density at radius 3 is 2.51 bits per heavy atom. The maximum absolute atomic E-state index is 13.0. The molecule has 3 amide bonds. The lowest BCUT2D eigenvalue weighted by Gasteiger charge is -2.25. The third-order valence-corrected chi connectivity index (χ3v) is 7.58. The quantitative estimate of drug-likeness (QED) is 0.377. The number of carbonyl (C=O) groups excluding carboxylic acids is 4. The summed E-state index contributed by atoms with van der Waals surface area (Å²) < 4.78 is 5.62. The standard InChI is InChI=1S/C28H30N2O5/c1-16-8-10-24(18(3)11-16)29-15-19(13-25(29)31)28(34)35-21-6-4-5-20(14-21)30-26(32)22-9-7-17(2)12-23(22)27(30)33/h4-6,8,10-11,14,17,19,22-23H,7,9,12-13,15H2,1-3H3/t17-,19-,22-,23+/m1/s1.